The first-order valence-electron chi connectivity index (χ1n) is 9.56. The minimum atomic E-state index is -0.143. The number of aromatic amines is 1. The number of amides is 3. The Labute approximate surface area is 169 Å². The van der Waals surface area contributed by atoms with Gasteiger partial charge in [-0.05, 0) is 18.1 Å². The molecule has 0 bridgehead atoms. The van der Waals surface area contributed by atoms with Gasteiger partial charge in [-0.3, -0.25) is 9.89 Å². The van der Waals surface area contributed by atoms with Gasteiger partial charge in [0.15, 0.2) is 5.82 Å². The molecule has 3 aromatic rings. The molecule has 1 aliphatic heterocycles. The first-order valence-corrected chi connectivity index (χ1v) is 9.56. The molecule has 29 heavy (non-hydrogen) atoms. The molecule has 2 aromatic carbocycles. The van der Waals surface area contributed by atoms with Crippen molar-refractivity contribution >= 4 is 17.8 Å². The van der Waals surface area contributed by atoms with Gasteiger partial charge in [0.1, 0.15) is 0 Å². The van der Waals surface area contributed by atoms with Crippen LogP contribution in [-0.4, -0.2) is 27.0 Å². The van der Waals surface area contributed by atoms with Crippen LogP contribution in [0.15, 0.2) is 54.6 Å². The highest BCUT2D eigenvalue weighted by Gasteiger charge is 2.28. The fourth-order valence-electron chi connectivity index (χ4n) is 3.34. The lowest BCUT2D eigenvalue weighted by Gasteiger charge is -2.17. The van der Waals surface area contributed by atoms with Gasteiger partial charge in [0, 0.05) is 12.1 Å². The first-order chi connectivity index (χ1) is 14.1. The van der Waals surface area contributed by atoms with Gasteiger partial charge in [-0.25, -0.2) is 4.79 Å². The number of carbonyl (C=O) groups is 2. The molecule has 0 radical (unpaired) electrons. The summed E-state index contributed by atoms with van der Waals surface area (Å²) in [6, 6.07) is 17.5. The Hall–Kier alpha value is -3.61. The van der Waals surface area contributed by atoms with Gasteiger partial charge in [0.2, 0.25) is 5.91 Å². The van der Waals surface area contributed by atoms with Crippen molar-refractivity contribution in [1.29, 1.82) is 0 Å². The van der Waals surface area contributed by atoms with Crippen LogP contribution >= 0.6 is 0 Å². The number of rotatable bonds is 5. The lowest BCUT2D eigenvalue weighted by atomic mass is 10.1. The maximum absolute atomic E-state index is 12.5. The Morgan fingerprint density at radius 1 is 1.03 bits per heavy atom. The minimum Gasteiger partial charge on any atom is -0.334 e. The highest BCUT2D eigenvalue weighted by Crippen LogP contribution is 2.27. The molecule has 7 heteroatoms. The molecule has 3 N–H and O–H groups in total. The summed E-state index contributed by atoms with van der Waals surface area (Å²) in [6.07, 6.45) is 0.281. The Morgan fingerprint density at radius 2 is 1.79 bits per heavy atom. The first kappa shape index (κ1) is 18.7. The fourth-order valence-corrected chi connectivity index (χ4v) is 3.34. The molecule has 1 aromatic heterocycles. The van der Waals surface area contributed by atoms with Gasteiger partial charge in [-0.1, -0.05) is 60.2 Å². The topological polar surface area (TPSA) is 90.1 Å². The number of H-pyrrole nitrogens is 1. The monoisotopic (exact) mass is 389 g/mol. The van der Waals surface area contributed by atoms with E-state index >= 15 is 0 Å². The molecule has 0 saturated heterocycles. The van der Waals surface area contributed by atoms with E-state index in [0.717, 1.165) is 27.9 Å². The van der Waals surface area contributed by atoms with Crippen LogP contribution in [0.25, 0.3) is 0 Å². The highest BCUT2D eigenvalue weighted by molar-refractivity contribution is 5.92. The third kappa shape index (κ3) is 4.45. The van der Waals surface area contributed by atoms with E-state index in [1.165, 1.54) is 0 Å². The SMILES string of the molecule is Cc1ccc(CC(=O)Nc2n[nH]c3c2CN(C(=O)NCc2ccccc2)C3)cc1. The van der Waals surface area contributed by atoms with Gasteiger partial charge >= 0.3 is 6.03 Å². The van der Waals surface area contributed by atoms with Crippen LogP contribution in [-0.2, 0) is 30.8 Å². The number of benzene rings is 2. The van der Waals surface area contributed by atoms with Gasteiger partial charge < -0.3 is 15.5 Å². The van der Waals surface area contributed by atoms with Gasteiger partial charge in [0.05, 0.1) is 25.2 Å². The van der Waals surface area contributed by atoms with Crippen LogP contribution in [0.2, 0.25) is 0 Å². The predicted molar refractivity (Wildman–Crippen MR) is 110 cm³/mol. The molecule has 0 aliphatic carbocycles. The summed E-state index contributed by atoms with van der Waals surface area (Å²) in [4.78, 5) is 26.6. The molecule has 3 amide bonds. The molecule has 7 nitrogen and oxygen atoms in total. The van der Waals surface area contributed by atoms with Gasteiger partial charge in [-0.15, -0.1) is 0 Å². The number of anilines is 1. The van der Waals surface area contributed by atoms with E-state index in [1.807, 2.05) is 61.5 Å². The lowest BCUT2D eigenvalue weighted by molar-refractivity contribution is -0.115. The average Bonchev–Trinajstić information content (AvgIpc) is 3.31. The van der Waals surface area contributed by atoms with Crippen molar-refractivity contribution in [1.82, 2.24) is 20.4 Å². The van der Waals surface area contributed by atoms with Crippen molar-refractivity contribution in [3.8, 4) is 0 Å². The molecule has 0 unspecified atom stereocenters. The number of nitrogens with one attached hydrogen (secondary N) is 3. The molecule has 148 valence electrons. The largest absolute Gasteiger partial charge is 0.334 e. The van der Waals surface area contributed by atoms with Crippen LogP contribution in [0.1, 0.15) is 27.9 Å². The van der Waals surface area contributed by atoms with E-state index in [4.69, 9.17) is 0 Å². The molecule has 0 spiro atoms. The molecule has 0 saturated carbocycles. The number of fused-ring (bicyclic) bond motifs is 1. The molecular formula is C22H23N5O2. The Morgan fingerprint density at radius 3 is 2.55 bits per heavy atom. The number of hydrogen-bond acceptors (Lipinski definition) is 3. The van der Waals surface area contributed by atoms with Gasteiger partial charge in [0.25, 0.3) is 0 Å². The van der Waals surface area contributed by atoms with Crippen molar-refractivity contribution in [3.05, 3.63) is 82.5 Å². The summed E-state index contributed by atoms with van der Waals surface area (Å²) in [5.41, 5.74) is 4.86. The van der Waals surface area contributed by atoms with Crippen molar-refractivity contribution in [2.45, 2.75) is 33.0 Å². The van der Waals surface area contributed by atoms with E-state index < -0.39 is 0 Å². The average molecular weight is 389 g/mol. The van der Waals surface area contributed by atoms with Crippen LogP contribution in [0.3, 0.4) is 0 Å². The Kier molecular flexibility index (Phi) is 5.29. The second-order valence-electron chi connectivity index (χ2n) is 7.24. The summed E-state index contributed by atoms with van der Waals surface area (Å²) in [5.74, 6) is 0.366. The zero-order valence-electron chi connectivity index (χ0n) is 16.2. The summed E-state index contributed by atoms with van der Waals surface area (Å²) >= 11 is 0. The minimum absolute atomic E-state index is 0.130. The lowest BCUT2D eigenvalue weighted by Crippen LogP contribution is -2.36. The summed E-state index contributed by atoms with van der Waals surface area (Å²) in [5, 5.41) is 12.9. The molecule has 0 atom stereocenters. The van der Waals surface area contributed by atoms with Crippen LogP contribution in [0, 0.1) is 6.92 Å². The number of urea groups is 1. The Bertz CT molecular complexity index is 1010. The van der Waals surface area contributed by atoms with Crippen LogP contribution in [0.4, 0.5) is 10.6 Å². The quantitative estimate of drug-likeness (QED) is 0.626. The van der Waals surface area contributed by atoms with Crippen LogP contribution in [0.5, 0.6) is 0 Å². The third-order valence-corrected chi connectivity index (χ3v) is 4.97. The molecule has 4 rings (SSSR count). The summed E-state index contributed by atoms with van der Waals surface area (Å²) in [6.45, 7) is 3.34. The number of carbonyl (C=O) groups excluding carboxylic acids is 2. The zero-order valence-corrected chi connectivity index (χ0v) is 16.2. The number of nitrogens with zero attached hydrogens (tertiary/aromatic N) is 2. The van der Waals surface area contributed by atoms with E-state index in [2.05, 4.69) is 20.8 Å². The molecule has 0 fully saturated rings. The van der Waals surface area contributed by atoms with Crippen molar-refractivity contribution < 1.29 is 9.59 Å². The van der Waals surface area contributed by atoms with E-state index in [-0.39, 0.29) is 18.4 Å². The maximum atomic E-state index is 12.5. The molecule has 1 aliphatic rings. The molecular weight excluding hydrogens is 366 g/mol. The zero-order chi connectivity index (χ0) is 20.2. The number of aromatic nitrogens is 2. The number of hydrogen-bond donors (Lipinski definition) is 3. The van der Waals surface area contributed by atoms with Crippen LogP contribution < -0.4 is 10.6 Å². The highest BCUT2D eigenvalue weighted by atomic mass is 16.2. The summed E-state index contributed by atoms with van der Waals surface area (Å²) in [7, 11) is 0. The standard InChI is InChI=1S/C22H23N5O2/c1-15-7-9-16(10-8-15)11-20(28)24-21-18-13-27(14-19(18)25-26-21)22(29)23-12-17-5-3-2-4-6-17/h2-10H,11-14H2,1H3,(H,23,29)(H2,24,25,26,28). The Balaban J connectivity index is 1.33. The second kappa shape index (κ2) is 8.18. The molecule has 2 heterocycles. The van der Waals surface area contributed by atoms with Gasteiger partial charge in [-0.2, -0.15) is 5.10 Å². The van der Waals surface area contributed by atoms with Crippen molar-refractivity contribution in [3.63, 3.8) is 0 Å². The van der Waals surface area contributed by atoms with Crippen molar-refractivity contribution in [2.24, 2.45) is 0 Å². The summed E-state index contributed by atoms with van der Waals surface area (Å²) < 4.78 is 0. The third-order valence-electron chi connectivity index (χ3n) is 4.97. The maximum Gasteiger partial charge on any atom is 0.318 e. The normalized spacial score (nSPS) is 12.5. The fraction of sp³-hybridized carbons (Fsp3) is 0.227. The van der Waals surface area contributed by atoms with Crippen molar-refractivity contribution in [2.75, 3.05) is 5.32 Å². The number of aryl methyl sites for hydroxylation is 1. The smallest absolute Gasteiger partial charge is 0.318 e. The predicted octanol–water partition coefficient (Wildman–Crippen LogP) is 3.12. The van der Waals surface area contributed by atoms with E-state index in [1.54, 1.807) is 4.90 Å². The second-order valence-corrected chi connectivity index (χ2v) is 7.24. The van der Waals surface area contributed by atoms with E-state index in [9.17, 15) is 9.59 Å². The van der Waals surface area contributed by atoms with E-state index in [0.29, 0.717) is 25.5 Å².